The summed E-state index contributed by atoms with van der Waals surface area (Å²) in [5, 5.41) is 11.0. The zero-order valence-corrected chi connectivity index (χ0v) is 13.8. The second-order valence-electron chi connectivity index (χ2n) is 6.65. The smallest absolute Gasteiger partial charge is 0.471 e. The largest absolute Gasteiger partial charge is 0.480 e. The normalized spacial score (nSPS) is 23.0. The summed E-state index contributed by atoms with van der Waals surface area (Å²) >= 11 is 0. The fourth-order valence-corrected chi connectivity index (χ4v) is 2.58. The number of carboxylic acids is 1. The minimum atomic E-state index is -5.14. The monoisotopic (exact) mass is 354 g/mol. The van der Waals surface area contributed by atoms with Crippen molar-refractivity contribution >= 4 is 17.8 Å². The first-order valence-corrected chi connectivity index (χ1v) is 7.24. The second-order valence-corrected chi connectivity index (χ2v) is 6.65. The number of likely N-dealkylation sites (tertiary alicyclic amines) is 1. The molecule has 10 heteroatoms. The summed E-state index contributed by atoms with van der Waals surface area (Å²) in [4.78, 5) is 36.2. The summed E-state index contributed by atoms with van der Waals surface area (Å²) in [5.74, 6) is -4.44. The lowest BCUT2D eigenvalue weighted by molar-refractivity contribution is -0.176. The lowest BCUT2D eigenvalue weighted by Gasteiger charge is -2.35. The van der Waals surface area contributed by atoms with Crippen LogP contribution in [0, 0.1) is 5.41 Å². The molecule has 0 saturated carbocycles. The van der Waals surface area contributed by atoms with Crippen molar-refractivity contribution in [1.82, 2.24) is 10.2 Å². The minimum absolute atomic E-state index is 0.0166. The maximum Gasteiger partial charge on any atom is 0.471 e. The fraction of sp³-hybridized carbons (Fsp3) is 0.786. The predicted octanol–water partition coefficient (Wildman–Crippen LogP) is 0.780. The molecule has 138 valence electrons. The molecule has 1 unspecified atom stereocenters. The van der Waals surface area contributed by atoms with Crippen molar-refractivity contribution in [3.8, 4) is 0 Å². The fourth-order valence-electron chi connectivity index (χ4n) is 2.58. The summed E-state index contributed by atoms with van der Waals surface area (Å²) in [6.45, 7) is 4.45. The van der Waals surface area contributed by atoms with E-state index in [-0.39, 0.29) is 13.0 Å². The lowest BCUT2D eigenvalue weighted by Crippen LogP contribution is -2.59. The van der Waals surface area contributed by atoms with Crippen molar-refractivity contribution in [2.45, 2.75) is 51.6 Å². The number of aliphatic carboxylic acids is 1. The number of amides is 2. The number of carboxylic acid groups (broad SMARTS) is 1. The van der Waals surface area contributed by atoms with Gasteiger partial charge in [-0.25, -0.2) is 4.79 Å². The second kappa shape index (κ2) is 6.96. The number of methoxy groups -OCH3 is 1. The molecule has 0 spiro atoms. The highest BCUT2D eigenvalue weighted by Crippen LogP contribution is 2.28. The van der Waals surface area contributed by atoms with E-state index in [0.717, 1.165) is 4.90 Å². The zero-order valence-electron chi connectivity index (χ0n) is 13.8. The number of nitrogens with zero attached hydrogens (tertiary/aromatic N) is 1. The molecule has 0 bridgehead atoms. The van der Waals surface area contributed by atoms with Crippen LogP contribution in [0.3, 0.4) is 0 Å². The number of rotatable bonds is 4. The molecule has 1 saturated heterocycles. The molecule has 0 aromatic carbocycles. The van der Waals surface area contributed by atoms with Gasteiger partial charge in [-0.1, -0.05) is 20.8 Å². The van der Waals surface area contributed by atoms with Crippen LogP contribution in [-0.2, 0) is 19.1 Å². The molecule has 1 heterocycles. The molecule has 1 aliphatic heterocycles. The van der Waals surface area contributed by atoms with E-state index in [1.807, 2.05) is 0 Å². The van der Waals surface area contributed by atoms with Gasteiger partial charge in [-0.15, -0.1) is 0 Å². The van der Waals surface area contributed by atoms with Crippen LogP contribution in [0.1, 0.15) is 27.2 Å². The Morgan fingerprint density at radius 3 is 2.17 bits per heavy atom. The summed E-state index contributed by atoms with van der Waals surface area (Å²) < 4.78 is 42.6. The Balaban J connectivity index is 3.09. The summed E-state index contributed by atoms with van der Waals surface area (Å²) in [7, 11) is 1.29. The van der Waals surface area contributed by atoms with Crippen LogP contribution >= 0.6 is 0 Å². The Hall–Kier alpha value is -1.84. The zero-order chi connectivity index (χ0) is 18.9. The van der Waals surface area contributed by atoms with Crippen molar-refractivity contribution in [3.63, 3.8) is 0 Å². The Morgan fingerprint density at radius 2 is 1.79 bits per heavy atom. The number of carbonyl (C=O) groups excluding carboxylic acids is 2. The standard InChI is InChI=1S/C14H21F3N2O5/c1-13(2,3)9(18-12(23)14(15,16)17)10(20)19-6-5-7(24-4)8(19)11(21)22/h7-9H,5-6H2,1-4H3,(H,18,23)(H,21,22)/t7-,8+,9?/m1/s1. The topological polar surface area (TPSA) is 95.9 Å². The van der Waals surface area contributed by atoms with E-state index < -0.39 is 47.6 Å². The van der Waals surface area contributed by atoms with Crippen molar-refractivity contribution in [2.24, 2.45) is 5.41 Å². The summed E-state index contributed by atoms with van der Waals surface area (Å²) in [5.41, 5.74) is -1.05. The van der Waals surface area contributed by atoms with Crippen molar-refractivity contribution in [2.75, 3.05) is 13.7 Å². The average Bonchev–Trinajstić information content (AvgIpc) is 2.85. The number of ether oxygens (including phenoxy) is 1. The third-order valence-electron chi connectivity index (χ3n) is 3.83. The molecule has 1 aliphatic rings. The van der Waals surface area contributed by atoms with Gasteiger partial charge in [-0.3, -0.25) is 9.59 Å². The molecule has 24 heavy (non-hydrogen) atoms. The van der Waals surface area contributed by atoms with Gasteiger partial charge in [-0.2, -0.15) is 13.2 Å². The van der Waals surface area contributed by atoms with E-state index in [0.29, 0.717) is 0 Å². The molecule has 3 atom stereocenters. The van der Waals surface area contributed by atoms with E-state index >= 15 is 0 Å². The number of alkyl halides is 3. The van der Waals surface area contributed by atoms with Crippen LogP contribution in [0.25, 0.3) is 0 Å². The molecular formula is C14H21F3N2O5. The molecule has 0 radical (unpaired) electrons. The molecule has 1 rings (SSSR count). The maximum atomic E-state index is 12.7. The Labute approximate surface area is 137 Å². The first-order chi connectivity index (χ1) is 10.8. The van der Waals surface area contributed by atoms with E-state index in [1.165, 1.54) is 27.9 Å². The third kappa shape index (κ3) is 4.37. The Bertz CT molecular complexity index is 516. The molecule has 0 aromatic rings. The Morgan fingerprint density at radius 1 is 1.25 bits per heavy atom. The van der Waals surface area contributed by atoms with Crippen LogP contribution in [0.4, 0.5) is 13.2 Å². The first kappa shape index (κ1) is 20.2. The average molecular weight is 354 g/mol. The SMILES string of the molecule is CO[C@@H]1CCN(C(=O)C(NC(=O)C(F)(F)F)C(C)(C)C)[C@@H]1C(=O)O. The minimum Gasteiger partial charge on any atom is -0.480 e. The van der Waals surface area contributed by atoms with Crippen LogP contribution < -0.4 is 5.32 Å². The first-order valence-electron chi connectivity index (χ1n) is 7.24. The van der Waals surface area contributed by atoms with Gasteiger partial charge in [0.1, 0.15) is 6.04 Å². The van der Waals surface area contributed by atoms with Crippen molar-refractivity contribution in [1.29, 1.82) is 0 Å². The van der Waals surface area contributed by atoms with Gasteiger partial charge in [0.25, 0.3) is 0 Å². The number of hydrogen-bond donors (Lipinski definition) is 2. The van der Waals surface area contributed by atoms with E-state index in [1.54, 1.807) is 5.32 Å². The van der Waals surface area contributed by atoms with Gasteiger partial charge in [0.05, 0.1) is 6.10 Å². The number of hydrogen-bond acceptors (Lipinski definition) is 4. The van der Waals surface area contributed by atoms with Crippen molar-refractivity contribution in [3.05, 3.63) is 0 Å². The summed E-state index contributed by atoms with van der Waals surface area (Å²) in [6.07, 6.45) is -5.66. The predicted molar refractivity (Wildman–Crippen MR) is 76.0 cm³/mol. The van der Waals surface area contributed by atoms with E-state index in [9.17, 15) is 32.7 Å². The molecule has 1 fully saturated rings. The van der Waals surface area contributed by atoms with Gasteiger partial charge in [0.15, 0.2) is 6.04 Å². The highest BCUT2D eigenvalue weighted by molar-refractivity contribution is 5.93. The van der Waals surface area contributed by atoms with Gasteiger partial charge >= 0.3 is 18.1 Å². The van der Waals surface area contributed by atoms with Gasteiger partial charge in [0, 0.05) is 13.7 Å². The lowest BCUT2D eigenvalue weighted by atomic mass is 9.85. The molecule has 2 N–H and O–H groups in total. The number of halogens is 3. The van der Waals surface area contributed by atoms with Gasteiger partial charge < -0.3 is 20.1 Å². The van der Waals surface area contributed by atoms with E-state index in [4.69, 9.17) is 4.74 Å². The highest BCUT2D eigenvalue weighted by atomic mass is 19.4. The molecule has 0 aliphatic carbocycles. The van der Waals surface area contributed by atoms with Crippen molar-refractivity contribution < 1.29 is 37.4 Å². The van der Waals surface area contributed by atoms with Crippen LogP contribution in [-0.4, -0.2) is 65.8 Å². The Kier molecular flexibility index (Phi) is 5.86. The van der Waals surface area contributed by atoms with Crippen LogP contribution in [0.2, 0.25) is 0 Å². The highest BCUT2D eigenvalue weighted by Gasteiger charge is 2.49. The maximum absolute atomic E-state index is 12.7. The van der Waals surface area contributed by atoms with Gasteiger partial charge in [-0.05, 0) is 11.8 Å². The number of carbonyl (C=O) groups is 3. The van der Waals surface area contributed by atoms with Gasteiger partial charge in [0.2, 0.25) is 5.91 Å². The molecule has 7 nitrogen and oxygen atoms in total. The molecule has 2 amide bonds. The van der Waals surface area contributed by atoms with Crippen LogP contribution in [0.5, 0.6) is 0 Å². The van der Waals surface area contributed by atoms with E-state index in [2.05, 4.69) is 0 Å². The summed E-state index contributed by atoms with van der Waals surface area (Å²) in [6, 6.07) is -2.83. The quantitative estimate of drug-likeness (QED) is 0.778. The van der Waals surface area contributed by atoms with Crippen LogP contribution in [0.15, 0.2) is 0 Å². The number of nitrogens with one attached hydrogen (secondary N) is 1. The molecular weight excluding hydrogens is 333 g/mol. The molecule has 0 aromatic heterocycles. The third-order valence-corrected chi connectivity index (χ3v) is 3.83.